The summed E-state index contributed by atoms with van der Waals surface area (Å²) in [6.45, 7) is 1.33. The molecule has 2 atom stereocenters. The summed E-state index contributed by atoms with van der Waals surface area (Å²) in [6.07, 6.45) is -1.29. The van der Waals surface area contributed by atoms with Crippen LogP contribution in [0, 0.1) is 5.92 Å². The van der Waals surface area contributed by atoms with E-state index in [4.69, 9.17) is 15.3 Å². The first kappa shape index (κ1) is 10.9. The van der Waals surface area contributed by atoms with Crippen LogP contribution in [0.25, 0.3) is 0 Å². The van der Waals surface area contributed by atoms with Crippen molar-refractivity contribution < 1.29 is 24.9 Å². The van der Waals surface area contributed by atoms with Gasteiger partial charge in [0.25, 0.3) is 0 Å². The molecule has 0 aliphatic carbocycles. The first-order valence-electron chi connectivity index (χ1n) is 3.57. The average molecular weight is 176 g/mol. The highest BCUT2D eigenvalue weighted by Gasteiger charge is 2.23. The van der Waals surface area contributed by atoms with E-state index in [0.717, 1.165) is 0 Å². The van der Waals surface area contributed by atoms with Crippen LogP contribution in [0.15, 0.2) is 0 Å². The zero-order valence-electron chi connectivity index (χ0n) is 6.73. The Morgan fingerprint density at radius 1 is 1.33 bits per heavy atom. The van der Waals surface area contributed by atoms with Crippen molar-refractivity contribution in [3.63, 3.8) is 0 Å². The quantitative estimate of drug-likeness (QED) is 0.545. The highest BCUT2D eigenvalue weighted by Crippen LogP contribution is 2.11. The average Bonchev–Trinajstić information content (AvgIpc) is 1.84. The summed E-state index contributed by atoms with van der Waals surface area (Å²) < 4.78 is 0. The van der Waals surface area contributed by atoms with E-state index in [1.54, 1.807) is 0 Å². The van der Waals surface area contributed by atoms with Gasteiger partial charge in [-0.25, -0.2) is 0 Å². The number of carboxylic acids is 2. The summed E-state index contributed by atoms with van der Waals surface area (Å²) in [5.41, 5.74) is 0. The molecule has 0 spiro atoms. The molecule has 0 aliphatic rings. The standard InChI is InChI=1S/C7H12O5/c1-4(8)5(7(11)12)2-3-6(9)10/h4-5,8H,2-3H2,1H3,(H,9,10)(H,11,12). The third-order valence-electron chi connectivity index (χ3n) is 1.57. The second-order valence-electron chi connectivity index (χ2n) is 2.62. The van der Waals surface area contributed by atoms with Crippen LogP contribution in [-0.4, -0.2) is 33.4 Å². The van der Waals surface area contributed by atoms with E-state index in [1.165, 1.54) is 6.92 Å². The van der Waals surface area contributed by atoms with Gasteiger partial charge in [-0.05, 0) is 13.3 Å². The summed E-state index contributed by atoms with van der Waals surface area (Å²) in [7, 11) is 0. The number of hydrogen-bond donors (Lipinski definition) is 3. The van der Waals surface area contributed by atoms with Crippen LogP contribution in [0.4, 0.5) is 0 Å². The molecule has 0 aromatic rings. The van der Waals surface area contributed by atoms with Gasteiger partial charge in [0, 0.05) is 6.42 Å². The van der Waals surface area contributed by atoms with Crippen LogP contribution >= 0.6 is 0 Å². The van der Waals surface area contributed by atoms with Gasteiger partial charge in [-0.2, -0.15) is 0 Å². The normalized spacial score (nSPS) is 15.2. The summed E-state index contributed by atoms with van der Waals surface area (Å²) in [5, 5.41) is 25.7. The van der Waals surface area contributed by atoms with Crippen LogP contribution in [0.1, 0.15) is 19.8 Å². The highest BCUT2D eigenvalue weighted by atomic mass is 16.4. The van der Waals surface area contributed by atoms with E-state index in [2.05, 4.69) is 0 Å². The molecule has 3 N–H and O–H groups in total. The third-order valence-corrected chi connectivity index (χ3v) is 1.57. The van der Waals surface area contributed by atoms with Crippen LogP contribution in [0.2, 0.25) is 0 Å². The molecule has 0 amide bonds. The van der Waals surface area contributed by atoms with E-state index >= 15 is 0 Å². The van der Waals surface area contributed by atoms with Crippen molar-refractivity contribution in [1.82, 2.24) is 0 Å². The molecule has 0 bridgehead atoms. The fraction of sp³-hybridized carbons (Fsp3) is 0.714. The lowest BCUT2D eigenvalue weighted by atomic mass is 9.98. The Balaban J connectivity index is 3.97. The van der Waals surface area contributed by atoms with Crippen molar-refractivity contribution in [3.8, 4) is 0 Å². The van der Waals surface area contributed by atoms with Gasteiger partial charge in [0.15, 0.2) is 0 Å². The zero-order valence-corrected chi connectivity index (χ0v) is 6.73. The van der Waals surface area contributed by atoms with Gasteiger partial charge in [-0.15, -0.1) is 0 Å². The number of carbonyl (C=O) groups is 2. The molecule has 0 saturated heterocycles. The Hall–Kier alpha value is -1.10. The van der Waals surface area contributed by atoms with Gasteiger partial charge < -0.3 is 15.3 Å². The zero-order chi connectivity index (χ0) is 9.72. The number of aliphatic hydroxyl groups excluding tert-OH is 1. The second kappa shape index (κ2) is 4.71. The minimum Gasteiger partial charge on any atom is -0.481 e. The van der Waals surface area contributed by atoms with E-state index in [0.29, 0.717) is 0 Å². The molecule has 0 aliphatic heterocycles. The monoisotopic (exact) mass is 176 g/mol. The maximum atomic E-state index is 10.4. The predicted molar refractivity (Wildman–Crippen MR) is 39.7 cm³/mol. The number of carboxylic acid groups (broad SMARTS) is 2. The lowest BCUT2D eigenvalue weighted by Crippen LogP contribution is -2.26. The van der Waals surface area contributed by atoms with Crippen LogP contribution < -0.4 is 0 Å². The number of aliphatic hydroxyl groups is 1. The first-order valence-corrected chi connectivity index (χ1v) is 3.57. The molecule has 0 aromatic heterocycles. The van der Waals surface area contributed by atoms with Crippen LogP contribution in [0.3, 0.4) is 0 Å². The van der Waals surface area contributed by atoms with Gasteiger partial charge in [0.2, 0.25) is 0 Å². The van der Waals surface area contributed by atoms with Gasteiger partial charge in [0.1, 0.15) is 0 Å². The van der Waals surface area contributed by atoms with Crippen LogP contribution in [-0.2, 0) is 9.59 Å². The van der Waals surface area contributed by atoms with Gasteiger partial charge in [-0.1, -0.05) is 0 Å². The Morgan fingerprint density at radius 2 is 1.83 bits per heavy atom. The molecule has 5 heteroatoms. The van der Waals surface area contributed by atoms with E-state index in [9.17, 15) is 9.59 Å². The highest BCUT2D eigenvalue weighted by molar-refractivity contribution is 5.72. The molecule has 70 valence electrons. The SMILES string of the molecule is CC(O)C(CCC(=O)O)C(=O)O. The van der Waals surface area contributed by atoms with Gasteiger partial charge in [-0.3, -0.25) is 9.59 Å². The molecular weight excluding hydrogens is 164 g/mol. The minimum atomic E-state index is -1.16. The summed E-state index contributed by atoms with van der Waals surface area (Å²) in [5.74, 6) is -3.20. The maximum absolute atomic E-state index is 10.4. The molecule has 0 heterocycles. The largest absolute Gasteiger partial charge is 0.481 e. The molecule has 0 rings (SSSR count). The van der Waals surface area contributed by atoms with Crippen molar-refractivity contribution in [2.45, 2.75) is 25.9 Å². The fourth-order valence-corrected chi connectivity index (χ4v) is 0.850. The van der Waals surface area contributed by atoms with Crippen molar-refractivity contribution in [2.24, 2.45) is 5.92 Å². The maximum Gasteiger partial charge on any atom is 0.309 e. The summed E-state index contributed by atoms with van der Waals surface area (Å²) >= 11 is 0. The Kier molecular flexibility index (Phi) is 4.28. The fourth-order valence-electron chi connectivity index (χ4n) is 0.850. The molecule has 0 aromatic carbocycles. The summed E-state index contributed by atoms with van der Waals surface area (Å²) in [4.78, 5) is 20.5. The van der Waals surface area contributed by atoms with Crippen molar-refractivity contribution in [1.29, 1.82) is 0 Å². The smallest absolute Gasteiger partial charge is 0.309 e. The number of aliphatic carboxylic acids is 2. The first-order chi connectivity index (χ1) is 5.45. The Labute approximate surface area is 69.6 Å². The van der Waals surface area contributed by atoms with Crippen molar-refractivity contribution in [2.75, 3.05) is 0 Å². The van der Waals surface area contributed by atoms with E-state index < -0.39 is 24.0 Å². The molecule has 5 nitrogen and oxygen atoms in total. The van der Waals surface area contributed by atoms with Gasteiger partial charge in [0.05, 0.1) is 12.0 Å². The van der Waals surface area contributed by atoms with Crippen molar-refractivity contribution in [3.05, 3.63) is 0 Å². The molecule has 2 unspecified atom stereocenters. The van der Waals surface area contributed by atoms with E-state index in [-0.39, 0.29) is 12.8 Å². The molecular formula is C7H12O5. The minimum absolute atomic E-state index is 0.0394. The number of hydrogen-bond acceptors (Lipinski definition) is 3. The Morgan fingerprint density at radius 3 is 2.08 bits per heavy atom. The lowest BCUT2D eigenvalue weighted by molar-refractivity contribution is -0.146. The molecule has 0 fully saturated rings. The summed E-state index contributed by atoms with van der Waals surface area (Å²) in [6, 6.07) is 0. The van der Waals surface area contributed by atoms with Gasteiger partial charge >= 0.3 is 11.9 Å². The van der Waals surface area contributed by atoms with Crippen LogP contribution in [0.5, 0.6) is 0 Å². The van der Waals surface area contributed by atoms with E-state index in [1.807, 2.05) is 0 Å². The molecule has 12 heavy (non-hydrogen) atoms. The number of rotatable bonds is 5. The Bertz CT molecular complexity index is 175. The lowest BCUT2D eigenvalue weighted by Gasteiger charge is -2.13. The second-order valence-corrected chi connectivity index (χ2v) is 2.62. The predicted octanol–water partition coefficient (Wildman–Crippen LogP) is -0.0672. The third kappa shape index (κ3) is 3.92. The molecule has 0 radical (unpaired) electrons. The topological polar surface area (TPSA) is 94.8 Å². The van der Waals surface area contributed by atoms with Crippen molar-refractivity contribution >= 4 is 11.9 Å². The molecule has 0 saturated carbocycles.